The minimum Gasteiger partial charge on any atom is -0.453 e. The predicted octanol–water partition coefficient (Wildman–Crippen LogP) is 1.19. The van der Waals surface area contributed by atoms with Crippen LogP contribution in [0.3, 0.4) is 0 Å². The van der Waals surface area contributed by atoms with E-state index in [1.807, 2.05) is 60.7 Å². The Kier molecular flexibility index (Phi) is 8.63. The number of carbonyl (C=O) groups excluding carboxylic acids is 2. The van der Waals surface area contributed by atoms with E-state index in [-0.39, 0.29) is 25.3 Å². The number of amides is 2. The zero-order valence-electron chi connectivity index (χ0n) is 16.1. The van der Waals surface area contributed by atoms with Gasteiger partial charge in [0.2, 0.25) is 15.9 Å². The van der Waals surface area contributed by atoms with Gasteiger partial charge in [-0.25, -0.2) is 17.9 Å². The summed E-state index contributed by atoms with van der Waals surface area (Å²) in [5.41, 5.74) is 1.69. The highest BCUT2D eigenvalue weighted by Crippen LogP contribution is 2.04. The maximum absolute atomic E-state index is 12.5. The standard InChI is InChI=1S/C20H25N3O5S/c1-28-20(25)23-18(14-16-8-4-2-5-9-16)19(24)21-12-13-29(26,27)22-15-17-10-6-3-7-11-17/h2-11,18,22H,12-15H2,1H3,(H,21,24)(H,23,25). The van der Waals surface area contributed by atoms with Gasteiger partial charge in [0.25, 0.3) is 0 Å². The van der Waals surface area contributed by atoms with Gasteiger partial charge in [-0.15, -0.1) is 0 Å². The molecular weight excluding hydrogens is 394 g/mol. The summed E-state index contributed by atoms with van der Waals surface area (Å²) in [5, 5.41) is 5.03. The number of alkyl carbamates (subject to hydrolysis) is 1. The molecule has 0 aliphatic rings. The third-order valence-corrected chi connectivity index (χ3v) is 5.41. The summed E-state index contributed by atoms with van der Waals surface area (Å²) in [7, 11) is -2.36. The molecule has 0 aliphatic heterocycles. The molecule has 9 heteroatoms. The summed E-state index contributed by atoms with van der Waals surface area (Å²) < 4.78 is 31.3. The van der Waals surface area contributed by atoms with Gasteiger partial charge in [-0.05, 0) is 11.1 Å². The number of nitrogens with one attached hydrogen (secondary N) is 3. The van der Waals surface area contributed by atoms with Crippen molar-refractivity contribution in [3.8, 4) is 0 Å². The Hall–Kier alpha value is -2.91. The van der Waals surface area contributed by atoms with Crippen LogP contribution in [0.25, 0.3) is 0 Å². The highest BCUT2D eigenvalue weighted by molar-refractivity contribution is 7.89. The van der Waals surface area contributed by atoms with Crippen LogP contribution in [0.4, 0.5) is 4.79 Å². The number of carbonyl (C=O) groups is 2. The van der Waals surface area contributed by atoms with Crippen LogP contribution in [0.2, 0.25) is 0 Å². The maximum Gasteiger partial charge on any atom is 0.407 e. The minimum atomic E-state index is -3.56. The van der Waals surface area contributed by atoms with Crippen molar-refractivity contribution in [2.45, 2.75) is 19.0 Å². The summed E-state index contributed by atoms with van der Waals surface area (Å²) in [6.45, 7) is 0.0920. The van der Waals surface area contributed by atoms with Gasteiger partial charge >= 0.3 is 6.09 Å². The number of methoxy groups -OCH3 is 1. The lowest BCUT2D eigenvalue weighted by atomic mass is 10.1. The topological polar surface area (TPSA) is 114 Å². The van der Waals surface area contributed by atoms with Crippen LogP contribution in [-0.2, 0) is 32.5 Å². The molecule has 29 heavy (non-hydrogen) atoms. The average molecular weight is 420 g/mol. The molecule has 0 spiro atoms. The Morgan fingerprint density at radius 2 is 1.55 bits per heavy atom. The monoisotopic (exact) mass is 419 g/mol. The van der Waals surface area contributed by atoms with E-state index in [0.29, 0.717) is 0 Å². The second kappa shape index (κ2) is 11.2. The molecule has 2 amide bonds. The molecule has 0 aromatic heterocycles. The fourth-order valence-electron chi connectivity index (χ4n) is 2.55. The van der Waals surface area contributed by atoms with Gasteiger partial charge in [-0.1, -0.05) is 60.7 Å². The molecule has 2 aromatic carbocycles. The van der Waals surface area contributed by atoms with Gasteiger partial charge < -0.3 is 15.4 Å². The van der Waals surface area contributed by atoms with Crippen molar-refractivity contribution in [2.75, 3.05) is 19.4 Å². The lowest BCUT2D eigenvalue weighted by molar-refractivity contribution is -0.122. The molecule has 0 aliphatic carbocycles. The van der Waals surface area contributed by atoms with E-state index in [2.05, 4.69) is 20.1 Å². The van der Waals surface area contributed by atoms with E-state index in [0.717, 1.165) is 11.1 Å². The molecule has 0 fully saturated rings. The van der Waals surface area contributed by atoms with Gasteiger partial charge in [0.15, 0.2) is 0 Å². The summed E-state index contributed by atoms with van der Waals surface area (Å²) in [5.74, 6) is -0.764. The number of ether oxygens (including phenoxy) is 1. The zero-order chi connectivity index (χ0) is 21.1. The molecule has 1 unspecified atom stereocenters. The molecule has 0 saturated carbocycles. The summed E-state index contributed by atoms with van der Waals surface area (Å²) >= 11 is 0. The first-order valence-corrected chi connectivity index (χ1v) is 10.7. The first kappa shape index (κ1) is 22.4. The number of rotatable bonds is 10. The number of sulfonamides is 1. The van der Waals surface area contributed by atoms with E-state index < -0.39 is 28.1 Å². The van der Waals surface area contributed by atoms with Crippen LogP contribution in [0.5, 0.6) is 0 Å². The van der Waals surface area contributed by atoms with E-state index in [9.17, 15) is 18.0 Å². The van der Waals surface area contributed by atoms with Crippen molar-refractivity contribution in [3.63, 3.8) is 0 Å². The highest BCUT2D eigenvalue weighted by Gasteiger charge is 2.22. The van der Waals surface area contributed by atoms with Gasteiger partial charge in [0.1, 0.15) is 6.04 Å². The van der Waals surface area contributed by atoms with E-state index in [4.69, 9.17) is 0 Å². The maximum atomic E-state index is 12.5. The molecule has 2 aromatic rings. The van der Waals surface area contributed by atoms with Crippen molar-refractivity contribution < 1.29 is 22.7 Å². The molecule has 2 rings (SSSR count). The van der Waals surface area contributed by atoms with Crippen molar-refractivity contribution in [1.29, 1.82) is 0 Å². The Balaban J connectivity index is 1.86. The van der Waals surface area contributed by atoms with Crippen LogP contribution in [0.1, 0.15) is 11.1 Å². The number of hydrogen-bond acceptors (Lipinski definition) is 5. The lowest BCUT2D eigenvalue weighted by Crippen LogP contribution is -2.49. The number of hydrogen-bond donors (Lipinski definition) is 3. The molecule has 1 atom stereocenters. The second-order valence-electron chi connectivity index (χ2n) is 6.29. The van der Waals surface area contributed by atoms with Crippen LogP contribution >= 0.6 is 0 Å². The lowest BCUT2D eigenvalue weighted by Gasteiger charge is -2.18. The molecule has 0 radical (unpaired) electrons. The fraction of sp³-hybridized carbons (Fsp3) is 0.300. The third-order valence-electron chi connectivity index (χ3n) is 4.09. The predicted molar refractivity (Wildman–Crippen MR) is 110 cm³/mol. The van der Waals surface area contributed by atoms with Crippen molar-refractivity contribution in [2.24, 2.45) is 0 Å². The summed E-state index contributed by atoms with van der Waals surface area (Å²) in [6, 6.07) is 17.4. The molecular formula is C20H25N3O5S. The fourth-order valence-corrected chi connectivity index (χ4v) is 3.46. The molecule has 8 nitrogen and oxygen atoms in total. The molecule has 0 bridgehead atoms. The van der Waals surface area contributed by atoms with Gasteiger partial charge in [0, 0.05) is 19.5 Å². The molecule has 3 N–H and O–H groups in total. The van der Waals surface area contributed by atoms with Gasteiger partial charge in [-0.2, -0.15) is 0 Å². The molecule has 0 saturated heterocycles. The Morgan fingerprint density at radius 1 is 0.966 bits per heavy atom. The summed E-state index contributed by atoms with van der Waals surface area (Å²) in [4.78, 5) is 24.0. The van der Waals surface area contributed by atoms with Gasteiger partial charge in [-0.3, -0.25) is 4.79 Å². The van der Waals surface area contributed by atoms with Crippen LogP contribution in [-0.4, -0.2) is 45.9 Å². The van der Waals surface area contributed by atoms with E-state index in [1.165, 1.54) is 7.11 Å². The largest absolute Gasteiger partial charge is 0.453 e. The van der Waals surface area contributed by atoms with Crippen molar-refractivity contribution in [3.05, 3.63) is 71.8 Å². The second-order valence-corrected chi connectivity index (χ2v) is 8.22. The quantitative estimate of drug-likeness (QED) is 0.535. The van der Waals surface area contributed by atoms with Crippen molar-refractivity contribution >= 4 is 22.0 Å². The number of benzene rings is 2. The highest BCUT2D eigenvalue weighted by atomic mass is 32.2. The van der Waals surface area contributed by atoms with Crippen molar-refractivity contribution in [1.82, 2.24) is 15.4 Å². The molecule has 0 heterocycles. The summed E-state index contributed by atoms with van der Waals surface area (Å²) in [6.07, 6.45) is -0.487. The normalized spacial score (nSPS) is 12.0. The van der Waals surface area contributed by atoms with Gasteiger partial charge in [0.05, 0.1) is 12.9 Å². The van der Waals surface area contributed by atoms with E-state index in [1.54, 1.807) is 0 Å². The molecule has 156 valence electrons. The SMILES string of the molecule is COC(=O)NC(Cc1ccccc1)C(=O)NCCS(=O)(=O)NCc1ccccc1. The zero-order valence-corrected chi connectivity index (χ0v) is 16.9. The van der Waals surface area contributed by atoms with Crippen LogP contribution < -0.4 is 15.4 Å². The Bertz CT molecular complexity index is 889. The minimum absolute atomic E-state index is 0.0862. The Morgan fingerprint density at radius 3 is 2.14 bits per heavy atom. The first-order chi connectivity index (χ1) is 13.9. The smallest absolute Gasteiger partial charge is 0.407 e. The Labute approximate surface area is 170 Å². The van der Waals surface area contributed by atoms with E-state index >= 15 is 0 Å². The first-order valence-electron chi connectivity index (χ1n) is 9.07. The van der Waals surface area contributed by atoms with Crippen LogP contribution in [0, 0.1) is 0 Å². The van der Waals surface area contributed by atoms with Crippen LogP contribution in [0.15, 0.2) is 60.7 Å². The third kappa shape index (κ3) is 8.32. The average Bonchev–Trinajstić information content (AvgIpc) is 2.73.